The molecule has 1 saturated heterocycles. The number of carbonyl (C=O) groups is 1. The minimum absolute atomic E-state index is 0.00396. The molecule has 1 aromatic carbocycles. The van der Waals surface area contributed by atoms with Gasteiger partial charge >= 0.3 is 6.09 Å². The summed E-state index contributed by atoms with van der Waals surface area (Å²) in [6.07, 6.45) is 0.202. The second kappa shape index (κ2) is 8.37. The number of methoxy groups -OCH3 is 1. The molecule has 1 aromatic heterocycles. The lowest BCUT2D eigenvalue weighted by atomic mass is 9.92. The number of hydrogen-bond donors (Lipinski definition) is 1. The summed E-state index contributed by atoms with van der Waals surface area (Å²) in [5.74, 6) is -1.89. The summed E-state index contributed by atoms with van der Waals surface area (Å²) in [4.78, 5) is 17.7. The van der Waals surface area contributed by atoms with Crippen LogP contribution in [0.25, 0.3) is 10.6 Å². The van der Waals surface area contributed by atoms with Crippen molar-refractivity contribution in [3.05, 3.63) is 29.3 Å². The number of nitrogens with one attached hydrogen (secondary N) is 1. The van der Waals surface area contributed by atoms with Crippen molar-refractivity contribution in [3.8, 4) is 16.3 Å². The van der Waals surface area contributed by atoms with Crippen molar-refractivity contribution >= 4 is 23.1 Å². The number of carbonyl (C=O) groups excluding carboxylic acids is 1. The Morgan fingerprint density at radius 3 is 2.63 bits per heavy atom. The number of hydrogen-bond acceptors (Lipinski definition) is 6. The molecule has 1 aliphatic heterocycles. The average Bonchev–Trinajstić information content (AvgIpc) is 3.12. The van der Waals surface area contributed by atoms with Crippen LogP contribution >= 0.6 is 11.3 Å². The van der Waals surface area contributed by atoms with Crippen LogP contribution in [-0.4, -0.2) is 54.2 Å². The Kier molecular flexibility index (Phi) is 5.81. The topological polar surface area (TPSA) is 63.7 Å². The Hall–Kier alpha value is -2.42. The van der Waals surface area contributed by atoms with Crippen LogP contribution < -0.4 is 10.1 Å². The molecule has 0 atom stereocenters. The summed E-state index contributed by atoms with van der Waals surface area (Å²) in [5.41, 5.74) is 2.69. The standard InChI is InChI=1S/C21H25F2N3O3S/c1-13-12-30-19(24-13)14-7-16(25-15-3-5-21(22,23)6-4-15)9-17(8-14)29-18-10-26(11-18)20(27)28-2/h7-9,12,15,18,25H,3-6,10-11H2,1-2H3. The Balaban J connectivity index is 1.49. The van der Waals surface area contributed by atoms with Crippen LogP contribution in [0.1, 0.15) is 31.4 Å². The summed E-state index contributed by atoms with van der Waals surface area (Å²) < 4.78 is 37.7. The number of aromatic nitrogens is 1. The maximum atomic E-state index is 13.5. The van der Waals surface area contributed by atoms with Crippen molar-refractivity contribution in [1.82, 2.24) is 9.88 Å². The van der Waals surface area contributed by atoms with E-state index in [1.165, 1.54) is 7.11 Å². The van der Waals surface area contributed by atoms with Crippen molar-refractivity contribution < 1.29 is 23.0 Å². The van der Waals surface area contributed by atoms with E-state index < -0.39 is 5.92 Å². The molecule has 1 amide bonds. The van der Waals surface area contributed by atoms with Crippen LogP contribution in [-0.2, 0) is 4.74 Å². The van der Waals surface area contributed by atoms with Gasteiger partial charge in [-0.15, -0.1) is 11.3 Å². The van der Waals surface area contributed by atoms with Crippen LogP contribution in [0.5, 0.6) is 5.75 Å². The van der Waals surface area contributed by atoms with Gasteiger partial charge in [-0.2, -0.15) is 0 Å². The van der Waals surface area contributed by atoms with E-state index >= 15 is 0 Å². The van der Waals surface area contributed by atoms with E-state index in [1.54, 1.807) is 16.2 Å². The molecule has 2 aliphatic rings. The molecular weight excluding hydrogens is 412 g/mol. The van der Waals surface area contributed by atoms with Gasteiger partial charge in [0.15, 0.2) is 0 Å². The molecule has 1 saturated carbocycles. The highest BCUT2D eigenvalue weighted by Crippen LogP contribution is 2.36. The van der Waals surface area contributed by atoms with Gasteiger partial charge in [-0.1, -0.05) is 0 Å². The maximum Gasteiger partial charge on any atom is 0.409 e. The fraction of sp³-hybridized carbons (Fsp3) is 0.524. The zero-order valence-corrected chi connectivity index (χ0v) is 17.8. The second-order valence-electron chi connectivity index (χ2n) is 7.93. The summed E-state index contributed by atoms with van der Waals surface area (Å²) in [6, 6.07) is 5.81. The van der Waals surface area contributed by atoms with Gasteiger partial charge in [0.25, 0.3) is 0 Å². The first kappa shape index (κ1) is 20.8. The number of nitrogens with zero attached hydrogens (tertiary/aromatic N) is 2. The fourth-order valence-electron chi connectivity index (χ4n) is 3.76. The quantitative estimate of drug-likeness (QED) is 0.718. The predicted molar refractivity (Wildman–Crippen MR) is 112 cm³/mol. The van der Waals surface area contributed by atoms with E-state index in [1.807, 2.05) is 30.5 Å². The lowest BCUT2D eigenvalue weighted by molar-refractivity contribution is -0.0360. The highest BCUT2D eigenvalue weighted by atomic mass is 32.1. The highest BCUT2D eigenvalue weighted by Gasteiger charge is 2.35. The number of likely N-dealkylation sites (tertiary alicyclic amines) is 1. The van der Waals surface area contributed by atoms with Crippen LogP contribution in [0.3, 0.4) is 0 Å². The number of rotatable bonds is 5. The van der Waals surface area contributed by atoms with E-state index in [-0.39, 0.29) is 31.1 Å². The average molecular weight is 438 g/mol. The van der Waals surface area contributed by atoms with Gasteiger partial charge in [0.2, 0.25) is 5.92 Å². The van der Waals surface area contributed by atoms with E-state index in [4.69, 9.17) is 9.47 Å². The van der Waals surface area contributed by atoms with E-state index in [2.05, 4.69) is 10.3 Å². The normalized spacial score (nSPS) is 19.3. The first-order valence-corrected chi connectivity index (χ1v) is 10.9. The van der Waals surface area contributed by atoms with Crippen molar-refractivity contribution in [3.63, 3.8) is 0 Å². The molecular formula is C21H25F2N3O3S. The monoisotopic (exact) mass is 437 g/mol. The molecule has 0 spiro atoms. The Morgan fingerprint density at radius 1 is 1.27 bits per heavy atom. The van der Waals surface area contributed by atoms with E-state index in [9.17, 15) is 13.6 Å². The lowest BCUT2D eigenvalue weighted by Gasteiger charge is -2.37. The van der Waals surface area contributed by atoms with Crippen molar-refractivity contribution in [2.24, 2.45) is 0 Å². The molecule has 2 heterocycles. The summed E-state index contributed by atoms with van der Waals surface area (Å²) in [6.45, 7) is 2.87. The molecule has 162 valence electrons. The smallest absolute Gasteiger partial charge is 0.409 e. The Bertz CT molecular complexity index is 905. The molecule has 2 fully saturated rings. The third-order valence-electron chi connectivity index (χ3n) is 5.44. The number of ether oxygens (including phenoxy) is 2. The molecule has 0 unspecified atom stereocenters. The summed E-state index contributed by atoms with van der Waals surface area (Å²) in [7, 11) is 1.36. The Labute approximate surface area is 178 Å². The van der Waals surface area contributed by atoms with Crippen molar-refractivity contribution in [2.45, 2.75) is 50.7 Å². The van der Waals surface area contributed by atoms with Crippen molar-refractivity contribution in [1.29, 1.82) is 0 Å². The second-order valence-corrected chi connectivity index (χ2v) is 8.79. The van der Waals surface area contributed by atoms with Gasteiger partial charge in [0.05, 0.1) is 20.2 Å². The number of aryl methyl sites for hydroxylation is 1. The summed E-state index contributed by atoms with van der Waals surface area (Å²) >= 11 is 1.55. The molecule has 30 heavy (non-hydrogen) atoms. The molecule has 2 aromatic rings. The number of alkyl halides is 2. The minimum atomic E-state index is -2.55. The largest absolute Gasteiger partial charge is 0.487 e. The van der Waals surface area contributed by atoms with Crippen LogP contribution in [0.2, 0.25) is 0 Å². The zero-order chi connectivity index (χ0) is 21.3. The molecule has 6 nitrogen and oxygen atoms in total. The number of halogens is 2. The number of benzene rings is 1. The summed E-state index contributed by atoms with van der Waals surface area (Å²) in [5, 5.41) is 6.26. The van der Waals surface area contributed by atoms with Crippen molar-refractivity contribution in [2.75, 3.05) is 25.5 Å². The first-order chi connectivity index (χ1) is 14.3. The molecule has 0 radical (unpaired) electrons. The van der Waals surface area contributed by atoms with Gasteiger partial charge < -0.3 is 19.7 Å². The highest BCUT2D eigenvalue weighted by molar-refractivity contribution is 7.13. The van der Waals surface area contributed by atoms with Gasteiger partial charge in [0, 0.05) is 47.3 Å². The maximum absolute atomic E-state index is 13.5. The third kappa shape index (κ3) is 4.83. The predicted octanol–water partition coefficient (Wildman–Crippen LogP) is 4.94. The fourth-order valence-corrected chi connectivity index (χ4v) is 4.55. The zero-order valence-electron chi connectivity index (χ0n) is 17.0. The van der Waals surface area contributed by atoms with Gasteiger partial charge in [-0.05, 0) is 31.9 Å². The van der Waals surface area contributed by atoms with Gasteiger partial charge in [-0.3, -0.25) is 0 Å². The van der Waals surface area contributed by atoms with Crippen LogP contribution in [0.15, 0.2) is 23.6 Å². The lowest BCUT2D eigenvalue weighted by Crippen LogP contribution is -2.56. The minimum Gasteiger partial charge on any atom is -0.487 e. The van der Waals surface area contributed by atoms with E-state index in [0.717, 1.165) is 22.0 Å². The molecule has 1 N–H and O–H groups in total. The molecule has 1 aliphatic carbocycles. The number of amides is 1. The number of anilines is 1. The van der Waals surface area contributed by atoms with Gasteiger partial charge in [0.1, 0.15) is 16.9 Å². The SMILES string of the molecule is COC(=O)N1CC(Oc2cc(NC3CCC(F)(F)CC3)cc(-c3nc(C)cs3)c2)C1. The van der Waals surface area contributed by atoms with Crippen LogP contribution in [0.4, 0.5) is 19.3 Å². The molecule has 4 rings (SSSR count). The first-order valence-electron chi connectivity index (χ1n) is 10.0. The third-order valence-corrected chi connectivity index (χ3v) is 6.45. The van der Waals surface area contributed by atoms with Gasteiger partial charge in [-0.25, -0.2) is 18.6 Å². The number of thiazole rings is 1. The van der Waals surface area contributed by atoms with Crippen LogP contribution in [0, 0.1) is 6.92 Å². The molecule has 0 bridgehead atoms. The van der Waals surface area contributed by atoms with E-state index in [0.29, 0.717) is 31.7 Å². The Morgan fingerprint density at radius 2 is 2.00 bits per heavy atom. The molecule has 9 heteroatoms.